The summed E-state index contributed by atoms with van der Waals surface area (Å²) in [5.41, 5.74) is 0. The molecule has 0 N–H and O–H groups in total. The van der Waals surface area contributed by atoms with E-state index in [1.54, 1.807) is 12.4 Å². The van der Waals surface area contributed by atoms with Crippen LogP contribution in [0.4, 0.5) is 0 Å². The van der Waals surface area contributed by atoms with Crippen molar-refractivity contribution >= 4 is 0 Å². The molecule has 84 valence electrons. The Balaban J connectivity index is 2.68. The zero-order valence-electron chi connectivity index (χ0n) is 9.41. The summed E-state index contributed by atoms with van der Waals surface area (Å²) in [6.45, 7) is 0. The summed E-state index contributed by atoms with van der Waals surface area (Å²) in [4.78, 5) is 0. The molecule has 1 aromatic carbocycles. The summed E-state index contributed by atoms with van der Waals surface area (Å²) in [5.74, 6) is 0. The van der Waals surface area contributed by atoms with E-state index < -0.39 is 0 Å². The molecule has 18 heavy (non-hydrogen) atoms. The molecule has 4 nitrogen and oxygen atoms in total. The van der Waals surface area contributed by atoms with Crippen LogP contribution in [0, 0.1) is 31.6 Å². The normalized spacial score (nSPS) is 11.3. The minimum atomic E-state index is 0.793. The van der Waals surface area contributed by atoms with E-state index in [-0.39, 0.29) is 0 Å². The van der Waals surface area contributed by atoms with E-state index in [1.165, 1.54) is 0 Å². The first-order valence-electron chi connectivity index (χ1n) is 5.68. The minimum Gasteiger partial charge on any atom is -0.158 e. The van der Waals surface area contributed by atoms with Crippen molar-refractivity contribution in [3.8, 4) is 0 Å². The molecular weight excluding hydrogens is 224 g/mol. The first-order chi connectivity index (χ1) is 8.93. The van der Waals surface area contributed by atoms with Gasteiger partial charge in [-0.2, -0.15) is 10.2 Å². The summed E-state index contributed by atoms with van der Waals surface area (Å²) in [7, 11) is 0. The molecule has 3 aromatic rings. The van der Waals surface area contributed by atoms with Crippen molar-refractivity contribution in [3.05, 3.63) is 80.4 Å². The third-order valence-electron chi connectivity index (χ3n) is 3.17. The topological polar surface area (TPSA) is 51.6 Å². The van der Waals surface area contributed by atoms with Crippen LogP contribution in [-0.2, 0) is 0 Å². The molecule has 5 rings (SSSR count). The van der Waals surface area contributed by atoms with Gasteiger partial charge in [-0.15, -0.1) is 10.2 Å². The highest BCUT2D eigenvalue weighted by Gasteiger charge is 1.98. The zero-order valence-corrected chi connectivity index (χ0v) is 9.41. The highest BCUT2D eigenvalue weighted by atomic mass is 15.1. The number of fused-ring (bicyclic) bond motifs is 2. The van der Waals surface area contributed by atoms with Gasteiger partial charge < -0.3 is 0 Å². The van der Waals surface area contributed by atoms with Crippen molar-refractivity contribution in [2.24, 2.45) is 0 Å². The molecule has 2 heterocycles. The molecule has 2 aliphatic carbocycles. The summed E-state index contributed by atoms with van der Waals surface area (Å²) in [6.07, 6.45) is 3.40. The van der Waals surface area contributed by atoms with Crippen LogP contribution in [0.25, 0.3) is 0 Å². The van der Waals surface area contributed by atoms with Crippen LogP contribution in [0.15, 0.2) is 48.8 Å². The molecule has 0 saturated carbocycles. The average Bonchev–Trinajstić information content (AvgIpc) is 2.45. The standard InChI is InChI=1S/C14H8N4/c1-2-10-4-3-9(1)11-5-7-15-17-13(11)14-12(10)6-8-16-18-14/h1-8H. The number of hydrogen-bond acceptors (Lipinski definition) is 4. The second kappa shape index (κ2) is 3.43. The fourth-order valence-corrected chi connectivity index (χ4v) is 2.31. The summed E-state index contributed by atoms with van der Waals surface area (Å²) >= 11 is 0. The quantitative estimate of drug-likeness (QED) is 0.460. The Hall–Kier alpha value is -2.62. The molecule has 2 bridgehead atoms. The molecule has 2 aliphatic rings. The fourth-order valence-electron chi connectivity index (χ4n) is 2.31. The lowest BCUT2D eigenvalue weighted by atomic mass is 10.1. The first-order valence-corrected chi connectivity index (χ1v) is 5.68. The van der Waals surface area contributed by atoms with E-state index in [9.17, 15) is 0 Å². The van der Waals surface area contributed by atoms with Gasteiger partial charge in [0, 0.05) is 10.4 Å². The maximum atomic E-state index is 4.23. The average molecular weight is 232 g/mol. The van der Waals surface area contributed by atoms with Crippen molar-refractivity contribution < 1.29 is 0 Å². The highest BCUT2D eigenvalue weighted by molar-refractivity contribution is 5.20. The van der Waals surface area contributed by atoms with Gasteiger partial charge in [0.2, 0.25) is 0 Å². The van der Waals surface area contributed by atoms with Gasteiger partial charge in [-0.05, 0) is 22.6 Å². The van der Waals surface area contributed by atoms with Crippen molar-refractivity contribution in [1.82, 2.24) is 20.4 Å². The molecule has 0 atom stereocenters. The van der Waals surface area contributed by atoms with Crippen LogP contribution in [0.3, 0.4) is 0 Å². The van der Waals surface area contributed by atoms with Crippen LogP contribution in [0.1, 0.15) is 0 Å². The van der Waals surface area contributed by atoms with Gasteiger partial charge >= 0.3 is 0 Å². The molecule has 0 unspecified atom stereocenters. The molecule has 0 amide bonds. The van der Waals surface area contributed by atoms with Crippen LogP contribution in [-0.4, -0.2) is 20.4 Å². The minimum absolute atomic E-state index is 0.793. The van der Waals surface area contributed by atoms with Gasteiger partial charge in [-0.3, -0.25) is 0 Å². The SMILES string of the molecule is c1cc2c(nn1)=c1nnccc1=c1ccc=2cc1. The van der Waals surface area contributed by atoms with E-state index in [4.69, 9.17) is 0 Å². The smallest absolute Gasteiger partial charge is 0.122 e. The van der Waals surface area contributed by atoms with Gasteiger partial charge in [0.1, 0.15) is 10.7 Å². The highest BCUT2D eigenvalue weighted by Crippen LogP contribution is 2.05. The Bertz CT molecular complexity index is 920. The van der Waals surface area contributed by atoms with Gasteiger partial charge in [-0.25, -0.2) is 0 Å². The number of aromatic nitrogens is 4. The first kappa shape index (κ1) is 9.41. The fraction of sp³-hybridized carbons (Fsp3) is 0. The molecule has 0 aliphatic heterocycles. The molecule has 2 aromatic heterocycles. The largest absolute Gasteiger partial charge is 0.158 e. The van der Waals surface area contributed by atoms with Crippen LogP contribution < -0.4 is 0 Å². The molecule has 0 fully saturated rings. The zero-order chi connectivity index (χ0) is 11.9. The van der Waals surface area contributed by atoms with Crippen LogP contribution in [0.2, 0.25) is 0 Å². The number of nitrogens with zero attached hydrogens (tertiary/aromatic N) is 4. The Morgan fingerprint density at radius 3 is 1.44 bits per heavy atom. The predicted molar refractivity (Wildman–Crippen MR) is 63.5 cm³/mol. The second-order valence-corrected chi connectivity index (χ2v) is 4.16. The van der Waals surface area contributed by atoms with Gasteiger partial charge in [-0.1, -0.05) is 24.3 Å². The van der Waals surface area contributed by atoms with Gasteiger partial charge in [0.05, 0.1) is 12.4 Å². The van der Waals surface area contributed by atoms with E-state index >= 15 is 0 Å². The van der Waals surface area contributed by atoms with E-state index in [0.717, 1.165) is 31.6 Å². The van der Waals surface area contributed by atoms with Crippen LogP contribution >= 0.6 is 0 Å². The van der Waals surface area contributed by atoms with Crippen molar-refractivity contribution in [1.29, 1.82) is 0 Å². The second-order valence-electron chi connectivity index (χ2n) is 4.16. The molecular formula is C14H8N4. The summed E-state index contributed by atoms with van der Waals surface area (Å²) in [5, 5.41) is 22.3. The lowest BCUT2D eigenvalue weighted by Crippen LogP contribution is -1.94. The van der Waals surface area contributed by atoms with Crippen molar-refractivity contribution in [2.75, 3.05) is 0 Å². The maximum absolute atomic E-state index is 4.23. The molecule has 4 heteroatoms. The molecule has 0 saturated heterocycles. The third kappa shape index (κ3) is 1.20. The lowest BCUT2D eigenvalue weighted by molar-refractivity contribution is 0.916. The van der Waals surface area contributed by atoms with E-state index in [1.807, 2.05) is 12.1 Å². The Morgan fingerprint density at radius 1 is 0.556 bits per heavy atom. The van der Waals surface area contributed by atoms with Crippen molar-refractivity contribution in [3.63, 3.8) is 0 Å². The summed E-state index contributed by atoms with van der Waals surface area (Å²) in [6, 6.07) is 12.3. The third-order valence-corrected chi connectivity index (χ3v) is 3.17. The van der Waals surface area contributed by atoms with Gasteiger partial charge in [0.25, 0.3) is 0 Å². The molecule has 0 spiro atoms. The summed E-state index contributed by atoms with van der Waals surface area (Å²) < 4.78 is 0. The Morgan fingerprint density at radius 2 is 1.00 bits per heavy atom. The van der Waals surface area contributed by atoms with E-state index in [2.05, 4.69) is 44.7 Å². The van der Waals surface area contributed by atoms with Crippen LogP contribution in [0.5, 0.6) is 0 Å². The predicted octanol–water partition coefficient (Wildman–Crippen LogP) is 1.44. The molecule has 0 radical (unpaired) electrons. The van der Waals surface area contributed by atoms with Crippen molar-refractivity contribution in [2.45, 2.75) is 0 Å². The lowest BCUT2D eigenvalue weighted by Gasteiger charge is -1.97. The Labute approximate surface area is 101 Å². The monoisotopic (exact) mass is 232 g/mol. The maximum Gasteiger partial charge on any atom is 0.122 e. The Kier molecular flexibility index (Phi) is 1.80. The number of rotatable bonds is 0. The number of hydrogen-bond donors (Lipinski definition) is 0. The van der Waals surface area contributed by atoms with Gasteiger partial charge in [0.15, 0.2) is 0 Å². The van der Waals surface area contributed by atoms with E-state index in [0.29, 0.717) is 0 Å². The number of benzene rings is 1.